The molecule has 4 heteroatoms. The van der Waals surface area contributed by atoms with Crippen LogP contribution in [0.5, 0.6) is 0 Å². The van der Waals surface area contributed by atoms with E-state index >= 15 is 0 Å². The van der Waals surface area contributed by atoms with Crippen molar-refractivity contribution in [2.24, 2.45) is 0 Å². The third-order valence-electron chi connectivity index (χ3n) is 3.35. The number of rotatable bonds is 4. The summed E-state index contributed by atoms with van der Waals surface area (Å²) in [7, 11) is 0. The van der Waals surface area contributed by atoms with Gasteiger partial charge < -0.3 is 10.2 Å². The lowest BCUT2D eigenvalue weighted by Crippen LogP contribution is -2.62. The first-order valence-corrected chi connectivity index (χ1v) is 6.39. The van der Waals surface area contributed by atoms with E-state index in [0.29, 0.717) is 13.0 Å². The number of amides is 2. The van der Waals surface area contributed by atoms with Gasteiger partial charge in [-0.05, 0) is 12.5 Å². The Morgan fingerprint density at radius 1 is 1.32 bits per heavy atom. The van der Waals surface area contributed by atoms with E-state index in [1.165, 1.54) is 0 Å². The third kappa shape index (κ3) is 2.84. The predicted molar refractivity (Wildman–Crippen MR) is 73.4 cm³/mol. The molecule has 1 aliphatic heterocycles. The maximum atomic E-state index is 12.3. The van der Waals surface area contributed by atoms with Gasteiger partial charge >= 0.3 is 0 Å². The van der Waals surface area contributed by atoms with Crippen LogP contribution < -0.4 is 5.32 Å². The summed E-state index contributed by atoms with van der Waals surface area (Å²) in [5.74, 6) is -0.154. The molecule has 2 amide bonds. The van der Waals surface area contributed by atoms with Gasteiger partial charge in [-0.2, -0.15) is 0 Å². The van der Waals surface area contributed by atoms with Gasteiger partial charge in [-0.1, -0.05) is 36.4 Å². The number of hydrogen-bond acceptors (Lipinski definition) is 2. The van der Waals surface area contributed by atoms with Gasteiger partial charge in [0.15, 0.2) is 0 Å². The zero-order chi connectivity index (χ0) is 13.8. The Kier molecular flexibility index (Phi) is 4.00. The molecule has 4 nitrogen and oxygen atoms in total. The van der Waals surface area contributed by atoms with Crippen molar-refractivity contribution in [1.29, 1.82) is 0 Å². The monoisotopic (exact) mass is 258 g/mol. The van der Waals surface area contributed by atoms with Crippen molar-refractivity contribution < 1.29 is 9.59 Å². The number of nitrogens with zero attached hydrogens (tertiary/aromatic N) is 1. The molecule has 100 valence electrons. The molecule has 1 aromatic carbocycles. The lowest BCUT2D eigenvalue weighted by molar-refractivity contribution is -0.147. The van der Waals surface area contributed by atoms with Crippen molar-refractivity contribution in [1.82, 2.24) is 10.2 Å². The number of carbonyl (C=O) groups excluding carboxylic acids is 2. The molecule has 1 heterocycles. The molecular formula is C15H18N2O2. The van der Waals surface area contributed by atoms with E-state index in [2.05, 4.69) is 11.9 Å². The normalized spacial score (nSPS) is 23.1. The van der Waals surface area contributed by atoms with E-state index in [-0.39, 0.29) is 11.8 Å². The fourth-order valence-electron chi connectivity index (χ4n) is 2.26. The van der Waals surface area contributed by atoms with Crippen molar-refractivity contribution >= 4 is 11.8 Å². The quantitative estimate of drug-likeness (QED) is 0.823. The SMILES string of the molecule is C=CCN1C(=O)C(Cc2ccccc2)NC(=O)C1C. The number of carbonyl (C=O) groups is 2. The van der Waals surface area contributed by atoms with E-state index in [1.807, 2.05) is 30.3 Å². The third-order valence-corrected chi connectivity index (χ3v) is 3.35. The molecule has 0 radical (unpaired) electrons. The smallest absolute Gasteiger partial charge is 0.246 e. The van der Waals surface area contributed by atoms with Crippen LogP contribution in [-0.2, 0) is 16.0 Å². The van der Waals surface area contributed by atoms with Crippen LogP contribution in [0.15, 0.2) is 43.0 Å². The maximum absolute atomic E-state index is 12.3. The zero-order valence-electron chi connectivity index (χ0n) is 11.0. The first-order chi connectivity index (χ1) is 9.13. The molecule has 1 aliphatic rings. The van der Waals surface area contributed by atoms with Crippen LogP contribution in [0.4, 0.5) is 0 Å². The fourth-order valence-corrected chi connectivity index (χ4v) is 2.26. The molecule has 0 bridgehead atoms. The molecule has 0 saturated carbocycles. The van der Waals surface area contributed by atoms with Gasteiger partial charge in [0.2, 0.25) is 11.8 Å². The van der Waals surface area contributed by atoms with Crippen molar-refractivity contribution in [3.05, 3.63) is 48.6 Å². The van der Waals surface area contributed by atoms with Crippen LogP contribution in [0.25, 0.3) is 0 Å². The van der Waals surface area contributed by atoms with E-state index < -0.39 is 12.1 Å². The van der Waals surface area contributed by atoms with Gasteiger partial charge in [0.1, 0.15) is 12.1 Å². The van der Waals surface area contributed by atoms with Crippen molar-refractivity contribution in [2.45, 2.75) is 25.4 Å². The van der Waals surface area contributed by atoms with E-state index in [9.17, 15) is 9.59 Å². The summed E-state index contributed by atoms with van der Waals surface area (Å²) in [5, 5.41) is 2.79. The fraction of sp³-hybridized carbons (Fsp3) is 0.333. The Balaban J connectivity index is 2.15. The lowest BCUT2D eigenvalue weighted by atomic mass is 10.0. The second-order valence-electron chi connectivity index (χ2n) is 4.71. The van der Waals surface area contributed by atoms with Crippen LogP contribution in [-0.4, -0.2) is 35.3 Å². The summed E-state index contributed by atoms with van der Waals surface area (Å²) in [6.45, 7) is 5.77. The van der Waals surface area contributed by atoms with Crippen LogP contribution in [0.1, 0.15) is 12.5 Å². The Labute approximate surface area is 113 Å². The van der Waals surface area contributed by atoms with Crippen LogP contribution in [0.3, 0.4) is 0 Å². The summed E-state index contributed by atoms with van der Waals surface area (Å²) in [5.41, 5.74) is 1.04. The molecule has 0 spiro atoms. The summed E-state index contributed by atoms with van der Waals surface area (Å²) in [6.07, 6.45) is 2.17. The summed E-state index contributed by atoms with van der Waals surface area (Å²) >= 11 is 0. The van der Waals surface area contributed by atoms with Gasteiger partial charge in [-0.15, -0.1) is 6.58 Å². The highest BCUT2D eigenvalue weighted by molar-refractivity contribution is 5.97. The Bertz CT molecular complexity index is 484. The predicted octanol–water partition coefficient (Wildman–Crippen LogP) is 1.13. The minimum absolute atomic E-state index is 0.0455. The van der Waals surface area contributed by atoms with Crippen molar-refractivity contribution in [3.63, 3.8) is 0 Å². The molecule has 1 fully saturated rings. The average molecular weight is 258 g/mol. The molecule has 2 atom stereocenters. The standard InChI is InChI=1S/C15H18N2O2/c1-3-9-17-11(2)14(18)16-13(15(17)19)10-12-7-5-4-6-8-12/h3-8,11,13H,1,9-10H2,2H3,(H,16,18). The lowest BCUT2D eigenvalue weighted by Gasteiger charge is -2.36. The molecule has 0 aliphatic carbocycles. The number of benzene rings is 1. The minimum Gasteiger partial charge on any atom is -0.342 e. The molecule has 1 saturated heterocycles. The molecule has 2 unspecified atom stereocenters. The summed E-state index contributed by atoms with van der Waals surface area (Å²) in [4.78, 5) is 25.8. The highest BCUT2D eigenvalue weighted by atomic mass is 16.2. The topological polar surface area (TPSA) is 49.4 Å². The van der Waals surface area contributed by atoms with Crippen molar-refractivity contribution in [2.75, 3.05) is 6.54 Å². The Hall–Kier alpha value is -2.10. The molecule has 2 rings (SSSR count). The largest absolute Gasteiger partial charge is 0.342 e. The highest BCUT2D eigenvalue weighted by Crippen LogP contribution is 2.13. The number of nitrogens with one attached hydrogen (secondary N) is 1. The average Bonchev–Trinajstić information content (AvgIpc) is 2.42. The molecule has 19 heavy (non-hydrogen) atoms. The van der Waals surface area contributed by atoms with E-state index in [4.69, 9.17) is 0 Å². The first-order valence-electron chi connectivity index (χ1n) is 6.39. The summed E-state index contributed by atoms with van der Waals surface area (Å²) in [6, 6.07) is 8.77. The molecule has 1 N–H and O–H groups in total. The second kappa shape index (κ2) is 5.69. The van der Waals surface area contributed by atoms with Crippen molar-refractivity contribution in [3.8, 4) is 0 Å². The minimum atomic E-state index is -0.481. The molecular weight excluding hydrogens is 240 g/mol. The van der Waals surface area contributed by atoms with Gasteiger partial charge in [-0.25, -0.2) is 0 Å². The molecule has 1 aromatic rings. The second-order valence-corrected chi connectivity index (χ2v) is 4.71. The number of piperazine rings is 1. The number of hydrogen-bond donors (Lipinski definition) is 1. The van der Waals surface area contributed by atoms with Crippen LogP contribution >= 0.6 is 0 Å². The van der Waals surface area contributed by atoms with Crippen LogP contribution in [0, 0.1) is 0 Å². The Morgan fingerprint density at radius 3 is 2.63 bits per heavy atom. The molecule has 0 aromatic heterocycles. The van der Waals surface area contributed by atoms with Crippen LogP contribution in [0.2, 0.25) is 0 Å². The zero-order valence-corrected chi connectivity index (χ0v) is 11.0. The Morgan fingerprint density at radius 2 is 2.00 bits per heavy atom. The van der Waals surface area contributed by atoms with E-state index in [0.717, 1.165) is 5.56 Å². The van der Waals surface area contributed by atoms with Gasteiger partial charge in [0.05, 0.1) is 0 Å². The highest BCUT2D eigenvalue weighted by Gasteiger charge is 2.37. The maximum Gasteiger partial charge on any atom is 0.246 e. The van der Waals surface area contributed by atoms with Gasteiger partial charge in [0, 0.05) is 13.0 Å². The summed E-state index contributed by atoms with van der Waals surface area (Å²) < 4.78 is 0. The van der Waals surface area contributed by atoms with Gasteiger partial charge in [-0.3, -0.25) is 9.59 Å². The first kappa shape index (κ1) is 13.3. The van der Waals surface area contributed by atoms with E-state index in [1.54, 1.807) is 17.9 Å². The van der Waals surface area contributed by atoms with Gasteiger partial charge in [0.25, 0.3) is 0 Å².